The number of nitrogens with one attached hydrogen (secondary N) is 1. The first-order chi connectivity index (χ1) is 8.79. The van der Waals surface area contributed by atoms with Crippen LogP contribution in [0.2, 0.25) is 0 Å². The molecule has 0 unspecified atom stereocenters. The molecule has 0 aromatic heterocycles. The molecular formula is C15H22FNO. The molecule has 0 radical (unpaired) electrons. The summed E-state index contributed by atoms with van der Waals surface area (Å²) < 4.78 is 19.4. The lowest BCUT2D eigenvalue weighted by molar-refractivity contribution is 0.120. The summed E-state index contributed by atoms with van der Waals surface area (Å²) in [6.45, 7) is 2.98. The Bertz CT molecular complexity index is 377. The number of ether oxygens (including phenoxy) is 1. The molecule has 1 aliphatic carbocycles. The fourth-order valence-electron chi connectivity index (χ4n) is 1.99. The van der Waals surface area contributed by atoms with Crippen molar-refractivity contribution in [2.45, 2.75) is 51.6 Å². The fourth-order valence-corrected chi connectivity index (χ4v) is 1.99. The minimum Gasteiger partial charge on any atom is -0.490 e. The van der Waals surface area contributed by atoms with Crippen LogP contribution in [0.5, 0.6) is 5.75 Å². The van der Waals surface area contributed by atoms with E-state index >= 15 is 0 Å². The molecule has 1 aromatic rings. The second kappa shape index (κ2) is 6.62. The molecule has 0 heterocycles. The lowest BCUT2D eigenvalue weighted by atomic mass is 9.96. The van der Waals surface area contributed by atoms with Gasteiger partial charge in [-0.25, -0.2) is 4.39 Å². The molecule has 0 bridgehead atoms. The highest BCUT2D eigenvalue weighted by atomic mass is 19.1. The summed E-state index contributed by atoms with van der Waals surface area (Å²) in [5.74, 6) is 0.576. The Balaban J connectivity index is 1.88. The van der Waals surface area contributed by atoms with Gasteiger partial charge in [-0.1, -0.05) is 19.8 Å². The van der Waals surface area contributed by atoms with Crippen molar-refractivity contribution in [3.63, 3.8) is 0 Å². The topological polar surface area (TPSA) is 21.3 Å². The Morgan fingerprint density at radius 1 is 1.33 bits per heavy atom. The van der Waals surface area contributed by atoms with Crippen LogP contribution in [-0.2, 0) is 0 Å². The third-order valence-corrected chi connectivity index (χ3v) is 3.39. The van der Waals surface area contributed by atoms with Crippen LogP contribution in [-0.4, -0.2) is 12.6 Å². The van der Waals surface area contributed by atoms with Gasteiger partial charge in [-0.15, -0.1) is 0 Å². The Hall–Kier alpha value is -1.25. The number of unbranched alkanes of at least 4 members (excludes halogenated alkanes) is 2. The molecule has 0 amide bonds. The predicted molar refractivity (Wildman–Crippen MR) is 72.7 cm³/mol. The number of hydrogen-bond donors (Lipinski definition) is 1. The summed E-state index contributed by atoms with van der Waals surface area (Å²) >= 11 is 0. The summed E-state index contributed by atoms with van der Waals surface area (Å²) in [7, 11) is 0. The first kappa shape index (κ1) is 13.2. The highest BCUT2D eigenvalue weighted by Gasteiger charge is 2.19. The Morgan fingerprint density at radius 3 is 2.83 bits per heavy atom. The molecular weight excluding hydrogens is 229 g/mol. The van der Waals surface area contributed by atoms with Crippen LogP contribution in [0.4, 0.5) is 10.1 Å². The molecule has 100 valence electrons. The average Bonchev–Trinajstić information content (AvgIpc) is 2.32. The second-order valence-electron chi connectivity index (χ2n) is 4.95. The molecule has 0 saturated heterocycles. The fraction of sp³-hybridized carbons (Fsp3) is 0.600. The normalized spacial score (nSPS) is 15.2. The van der Waals surface area contributed by atoms with Gasteiger partial charge in [0.25, 0.3) is 0 Å². The molecule has 1 aliphatic rings. The van der Waals surface area contributed by atoms with Crippen molar-refractivity contribution in [1.29, 1.82) is 0 Å². The predicted octanol–water partition coefficient (Wildman–Crippen LogP) is 4.36. The Morgan fingerprint density at radius 2 is 2.17 bits per heavy atom. The number of benzene rings is 1. The van der Waals surface area contributed by atoms with E-state index < -0.39 is 0 Å². The highest BCUT2D eigenvalue weighted by molar-refractivity contribution is 5.49. The van der Waals surface area contributed by atoms with Crippen molar-refractivity contribution < 1.29 is 9.13 Å². The van der Waals surface area contributed by atoms with Crippen molar-refractivity contribution in [2.75, 3.05) is 11.9 Å². The second-order valence-corrected chi connectivity index (χ2v) is 4.95. The van der Waals surface area contributed by atoms with E-state index in [0.29, 0.717) is 11.8 Å². The number of rotatable bonds is 7. The van der Waals surface area contributed by atoms with Gasteiger partial charge < -0.3 is 10.1 Å². The maximum atomic E-state index is 13.6. The van der Waals surface area contributed by atoms with Gasteiger partial charge in [0.2, 0.25) is 0 Å². The SMILES string of the molecule is CCCCCNc1cc(OC2CCC2)ccc1F. The van der Waals surface area contributed by atoms with Crippen LogP contribution in [0.15, 0.2) is 18.2 Å². The van der Waals surface area contributed by atoms with Crippen molar-refractivity contribution in [3.8, 4) is 5.75 Å². The Labute approximate surface area is 109 Å². The van der Waals surface area contributed by atoms with Gasteiger partial charge in [-0.3, -0.25) is 0 Å². The summed E-state index contributed by atoms with van der Waals surface area (Å²) in [5, 5.41) is 3.14. The lowest BCUT2D eigenvalue weighted by Crippen LogP contribution is -2.24. The number of hydrogen-bond acceptors (Lipinski definition) is 2. The van der Waals surface area contributed by atoms with Crippen molar-refractivity contribution in [2.24, 2.45) is 0 Å². The van der Waals surface area contributed by atoms with Crippen LogP contribution in [0, 0.1) is 5.82 Å². The zero-order valence-corrected chi connectivity index (χ0v) is 11.0. The van der Waals surface area contributed by atoms with Gasteiger partial charge in [0.15, 0.2) is 0 Å². The largest absolute Gasteiger partial charge is 0.490 e. The molecule has 0 atom stereocenters. The van der Waals surface area contributed by atoms with E-state index in [4.69, 9.17) is 4.74 Å². The molecule has 1 N–H and O–H groups in total. The minimum absolute atomic E-state index is 0.201. The maximum Gasteiger partial charge on any atom is 0.146 e. The minimum atomic E-state index is -0.201. The summed E-state index contributed by atoms with van der Waals surface area (Å²) in [4.78, 5) is 0. The van der Waals surface area contributed by atoms with Crippen LogP contribution >= 0.6 is 0 Å². The van der Waals surface area contributed by atoms with E-state index in [1.807, 2.05) is 0 Å². The third-order valence-electron chi connectivity index (χ3n) is 3.39. The van der Waals surface area contributed by atoms with Crippen LogP contribution in [0.3, 0.4) is 0 Å². The molecule has 18 heavy (non-hydrogen) atoms. The first-order valence-electron chi connectivity index (χ1n) is 6.99. The van der Waals surface area contributed by atoms with Gasteiger partial charge in [0.05, 0.1) is 11.8 Å². The van der Waals surface area contributed by atoms with Crippen molar-refractivity contribution in [3.05, 3.63) is 24.0 Å². The maximum absolute atomic E-state index is 13.6. The molecule has 1 fully saturated rings. The zero-order valence-electron chi connectivity index (χ0n) is 11.0. The quantitative estimate of drug-likeness (QED) is 0.727. The molecule has 3 heteroatoms. The van der Waals surface area contributed by atoms with E-state index in [1.54, 1.807) is 12.1 Å². The van der Waals surface area contributed by atoms with E-state index in [9.17, 15) is 4.39 Å². The van der Waals surface area contributed by atoms with E-state index in [-0.39, 0.29) is 5.82 Å². The third kappa shape index (κ3) is 3.62. The molecule has 0 aliphatic heterocycles. The number of halogens is 1. The molecule has 0 spiro atoms. The van der Waals surface area contributed by atoms with E-state index in [2.05, 4.69) is 12.2 Å². The average molecular weight is 251 g/mol. The van der Waals surface area contributed by atoms with E-state index in [0.717, 1.165) is 31.6 Å². The van der Waals surface area contributed by atoms with Crippen LogP contribution in [0.25, 0.3) is 0 Å². The van der Waals surface area contributed by atoms with Crippen molar-refractivity contribution >= 4 is 5.69 Å². The van der Waals surface area contributed by atoms with E-state index in [1.165, 1.54) is 25.3 Å². The molecule has 2 nitrogen and oxygen atoms in total. The summed E-state index contributed by atoms with van der Waals surface area (Å²) in [6.07, 6.45) is 7.25. The molecule has 1 aromatic carbocycles. The van der Waals surface area contributed by atoms with Crippen LogP contribution < -0.4 is 10.1 Å². The smallest absolute Gasteiger partial charge is 0.146 e. The van der Waals surface area contributed by atoms with Gasteiger partial charge in [-0.2, -0.15) is 0 Å². The Kier molecular flexibility index (Phi) is 4.85. The van der Waals surface area contributed by atoms with Gasteiger partial charge in [0, 0.05) is 12.6 Å². The van der Waals surface area contributed by atoms with Crippen LogP contribution in [0.1, 0.15) is 45.4 Å². The molecule has 2 rings (SSSR count). The summed E-state index contributed by atoms with van der Waals surface area (Å²) in [5.41, 5.74) is 0.558. The molecule has 1 saturated carbocycles. The monoisotopic (exact) mass is 251 g/mol. The first-order valence-corrected chi connectivity index (χ1v) is 6.99. The number of anilines is 1. The van der Waals surface area contributed by atoms with Gasteiger partial charge >= 0.3 is 0 Å². The van der Waals surface area contributed by atoms with Crippen molar-refractivity contribution in [1.82, 2.24) is 0 Å². The standard InChI is InChI=1S/C15H22FNO/c1-2-3-4-10-17-15-11-13(8-9-14(15)16)18-12-6-5-7-12/h8-9,11-12,17H,2-7,10H2,1H3. The summed E-state index contributed by atoms with van der Waals surface area (Å²) in [6, 6.07) is 4.97. The van der Waals surface area contributed by atoms with Gasteiger partial charge in [-0.05, 0) is 37.8 Å². The zero-order chi connectivity index (χ0) is 12.8. The van der Waals surface area contributed by atoms with Gasteiger partial charge in [0.1, 0.15) is 11.6 Å². The lowest BCUT2D eigenvalue weighted by Gasteiger charge is -2.26. The highest BCUT2D eigenvalue weighted by Crippen LogP contribution is 2.28.